The summed E-state index contributed by atoms with van der Waals surface area (Å²) in [6.07, 6.45) is 4.09. The van der Waals surface area contributed by atoms with E-state index >= 15 is 0 Å². The van der Waals surface area contributed by atoms with E-state index < -0.39 is 11.9 Å². The number of nitrogens with zero attached hydrogens (tertiary/aromatic N) is 2. The lowest BCUT2D eigenvalue weighted by Crippen LogP contribution is -2.45. The number of carbonyl (C=O) groups excluding carboxylic acids is 2. The lowest BCUT2D eigenvalue weighted by molar-refractivity contribution is -0.123. The van der Waals surface area contributed by atoms with E-state index in [1.807, 2.05) is 25.5 Å². The second-order valence-electron chi connectivity index (χ2n) is 8.54. The lowest BCUT2D eigenvalue weighted by Gasteiger charge is -2.31. The molecule has 0 radical (unpaired) electrons. The molecule has 2 heterocycles. The van der Waals surface area contributed by atoms with Gasteiger partial charge in [0.1, 0.15) is 11.9 Å². The van der Waals surface area contributed by atoms with E-state index in [-0.39, 0.29) is 17.9 Å². The van der Waals surface area contributed by atoms with Crippen LogP contribution < -0.4 is 10.2 Å². The zero-order valence-corrected chi connectivity index (χ0v) is 17.5. The molecule has 5 nitrogen and oxygen atoms in total. The molecule has 1 aromatic heterocycles. The maximum atomic E-state index is 13.9. The van der Waals surface area contributed by atoms with Crippen molar-refractivity contribution < 1.29 is 14.0 Å². The summed E-state index contributed by atoms with van der Waals surface area (Å²) in [6.45, 7) is 6.05. The minimum absolute atomic E-state index is 0.123. The van der Waals surface area contributed by atoms with Gasteiger partial charge in [-0.25, -0.2) is 4.39 Å². The van der Waals surface area contributed by atoms with E-state index in [1.54, 1.807) is 12.1 Å². The van der Waals surface area contributed by atoms with Crippen molar-refractivity contribution in [3.05, 3.63) is 52.6 Å². The molecule has 1 aromatic carbocycles. The Labute approximate surface area is 170 Å². The first-order valence-electron chi connectivity index (χ1n) is 10.3. The molecular weight excluding hydrogens is 369 g/mol. The van der Waals surface area contributed by atoms with Crippen LogP contribution in [0.3, 0.4) is 0 Å². The van der Waals surface area contributed by atoms with Crippen LogP contribution in [0.4, 0.5) is 10.1 Å². The van der Waals surface area contributed by atoms with E-state index in [0.29, 0.717) is 17.2 Å². The highest BCUT2D eigenvalue weighted by molar-refractivity contribution is 6.16. The van der Waals surface area contributed by atoms with E-state index in [9.17, 15) is 14.0 Å². The van der Waals surface area contributed by atoms with Gasteiger partial charge in [-0.1, -0.05) is 13.0 Å². The minimum Gasteiger partial charge on any atom is -0.351 e. The number of hydrogen-bond acceptors (Lipinski definition) is 2. The first kappa shape index (κ1) is 19.7. The topological polar surface area (TPSA) is 54.3 Å². The summed E-state index contributed by atoms with van der Waals surface area (Å²) < 4.78 is 15.9. The zero-order chi connectivity index (χ0) is 20.9. The lowest BCUT2D eigenvalue weighted by atomic mass is 9.87. The number of fused-ring (bicyclic) bond motifs is 1. The summed E-state index contributed by atoms with van der Waals surface area (Å²) in [6, 6.07) is 5.25. The normalized spacial score (nSPS) is 24.0. The van der Waals surface area contributed by atoms with Gasteiger partial charge in [0.05, 0.1) is 5.56 Å². The third-order valence-electron chi connectivity index (χ3n) is 6.69. The van der Waals surface area contributed by atoms with Crippen LogP contribution in [0.25, 0.3) is 0 Å². The molecule has 6 heteroatoms. The maximum Gasteiger partial charge on any atom is 0.261 e. The van der Waals surface area contributed by atoms with E-state index in [2.05, 4.69) is 12.2 Å². The molecule has 4 rings (SSSR count). The fraction of sp³-hybridized carbons (Fsp3) is 0.478. The fourth-order valence-corrected chi connectivity index (χ4v) is 4.77. The Morgan fingerprint density at radius 3 is 2.48 bits per heavy atom. The summed E-state index contributed by atoms with van der Waals surface area (Å²) in [5.74, 6) is -0.175. The van der Waals surface area contributed by atoms with Gasteiger partial charge in [0.15, 0.2) is 0 Å². The highest BCUT2D eigenvalue weighted by Gasteiger charge is 2.46. The maximum absolute atomic E-state index is 13.9. The quantitative estimate of drug-likeness (QED) is 0.845. The van der Waals surface area contributed by atoms with E-state index in [0.717, 1.165) is 42.6 Å². The zero-order valence-electron chi connectivity index (χ0n) is 17.5. The summed E-state index contributed by atoms with van der Waals surface area (Å²) in [4.78, 5) is 28.2. The summed E-state index contributed by atoms with van der Waals surface area (Å²) in [5.41, 5.74) is 3.42. The van der Waals surface area contributed by atoms with Gasteiger partial charge in [0.25, 0.3) is 5.91 Å². The fourth-order valence-electron chi connectivity index (χ4n) is 4.77. The molecule has 2 aliphatic rings. The molecule has 1 saturated carbocycles. The molecule has 1 fully saturated rings. The summed E-state index contributed by atoms with van der Waals surface area (Å²) in [7, 11) is 1.90. The van der Waals surface area contributed by atoms with E-state index in [1.165, 1.54) is 17.0 Å². The van der Waals surface area contributed by atoms with Crippen molar-refractivity contribution in [2.24, 2.45) is 13.0 Å². The predicted octanol–water partition coefficient (Wildman–Crippen LogP) is 4.18. The highest BCUT2D eigenvalue weighted by Crippen LogP contribution is 2.42. The molecule has 0 spiro atoms. The molecule has 29 heavy (non-hydrogen) atoms. The molecule has 154 valence electrons. The number of aromatic nitrogens is 1. The molecular formula is C23H28FN3O2. The number of anilines is 1. The Hall–Kier alpha value is -2.63. The number of benzene rings is 1. The van der Waals surface area contributed by atoms with Gasteiger partial charge in [-0.2, -0.15) is 0 Å². The molecule has 1 aliphatic heterocycles. The molecule has 2 aromatic rings. The van der Waals surface area contributed by atoms with Crippen molar-refractivity contribution in [3.8, 4) is 0 Å². The van der Waals surface area contributed by atoms with Crippen molar-refractivity contribution in [2.75, 3.05) is 4.90 Å². The highest BCUT2D eigenvalue weighted by atomic mass is 19.1. The first-order chi connectivity index (χ1) is 13.8. The van der Waals surface area contributed by atoms with Crippen LogP contribution in [0.1, 0.15) is 66.0 Å². The average Bonchev–Trinajstić information content (AvgIpc) is 3.11. The van der Waals surface area contributed by atoms with Gasteiger partial charge < -0.3 is 9.88 Å². The second kappa shape index (κ2) is 7.32. The Balaban J connectivity index is 1.74. The molecule has 1 atom stereocenters. The molecule has 0 saturated heterocycles. The van der Waals surface area contributed by atoms with Crippen LogP contribution in [-0.4, -0.2) is 22.4 Å². The van der Waals surface area contributed by atoms with Gasteiger partial charge in [-0.3, -0.25) is 14.5 Å². The summed E-state index contributed by atoms with van der Waals surface area (Å²) >= 11 is 0. The Kier molecular flexibility index (Phi) is 4.97. The molecule has 1 N–H and O–H groups in total. The third-order valence-corrected chi connectivity index (χ3v) is 6.69. The predicted molar refractivity (Wildman–Crippen MR) is 110 cm³/mol. The number of amides is 2. The van der Waals surface area contributed by atoms with Crippen molar-refractivity contribution in [1.29, 1.82) is 0 Å². The average molecular weight is 397 g/mol. The van der Waals surface area contributed by atoms with Crippen molar-refractivity contribution in [1.82, 2.24) is 9.88 Å². The van der Waals surface area contributed by atoms with Crippen LogP contribution in [0.5, 0.6) is 0 Å². The molecule has 2 amide bonds. The Bertz CT molecular complexity index is 973. The summed E-state index contributed by atoms with van der Waals surface area (Å²) in [5, 5.41) is 3.18. The SMILES string of the molecule is Cc1c2c(c(C)n1C)C(C(=O)NC1CCC(C)CC1)N(c1cccc(F)c1)C2=O. The second-order valence-corrected chi connectivity index (χ2v) is 8.54. The van der Waals surface area contributed by atoms with Crippen molar-refractivity contribution >= 4 is 17.5 Å². The molecule has 1 aliphatic carbocycles. The standard InChI is InChI=1S/C23H28FN3O2/c1-13-8-10-17(11-9-13)25-22(28)21-19-14(2)26(4)15(3)20(19)23(29)27(21)18-7-5-6-16(24)12-18/h5-7,12-13,17,21H,8-11H2,1-4H3,(H,25,28). The van der Waals surface area contributed by atoms with Gasteiger partial charge in [-0.15, -0.1) is 0 Å². The van der Waals surface area contributed by atoms with Crippen LogP contribution >= 0.6 is 0 Å². The number of carbonyl (C=O) groups is 2. The number of nitrogens with one attached hydrogen (secondary N) is 1. The van der Waals surface area contributed by atoms with Gasteiger partial charge >= 0.3 is 0 Å². The number of halogens is 1. The number of hydrogen-bond donors (Lipinski definition) is 1. The first-order valence-corrected chi connectivity index (χ1v) is 10.3. The minimum atomic E-state index is -0.779. The van der Waals surface area contributed by atoms with Gasteiger partial charge in [-0.05, 0) is 63.6 Å². The van der Waals surface area contributed by atoms with Crippen molar-refractivity contribution in [2.45, 2.75) is 58.5 Å². The largest absolute Gasteiger partial charge is 0.351 e. The number of rotatable bonds is 3. The molecule has 1 unspecified atom stereocenters. The smallest absolute Gasteiger partial charge is 0.261 e. The van der Waals surface area contributed by atoms with Gasteiger partial charge in [0.2, 0.25) is 5.91 Å². The van der Waals surface area contributed by atoms with Crippen LogP contribution in [-0.2, 0) is 11.8 Å². The monoisotopic (exact) mass is 397 g/mol. The Morgan fingerprint density at radius 2 is 1.83 bits per heavy atom. The van der Waals surface area contributed by atoms with Crippen LogP contribution in [0.15, 0.2) is 24.3 Å². The van der Waals surface area contributed by atoms with Crippen LogP contribution in [0.2, 0.25) is 0 Å². The van der Waals surface area contributed by atoms with E-state index in [4.69, 9.17) is 0 Å². The third kappa shape index (κ3) is 3.24. The van der Waals surface area contributed by atoms with Gasteiger partial charge in [0, 0.05) is 35.7 Å². The van der Waals surface area contributed by atoms with Crippen molar-refractivity contribution in [3.63, 3.8) is 0 Å². The Morgan fingerprint density at radius 1 is 1.14 bits per heavy atom. The molecule has 0 bridgehead atoms. The van der Waals surface area contributed by atoms with Crippen LogP contribution in [0, 0.1) is 25.6 Å².